The van der Waals surface area contributed by atoms with E-state index in [9.17, 15) is 24.9 Å². The van der Waals surface area contributed by atoms with Gasteiger partial charge in [0.15, 0.2) is 6.29 Å². The van der Waals surface area contributed by atoms with Gasteiger partial charge in [0, 0.05) is 42.8 Å². The van der Waals surface area contributed by atoms with Crippen LogP contribution in [0.3, 0.4) is 0 Å². The highest BCUT2D eigenvalue weighted by Gasteiger charge is 2.42. The molecule has 0 radical (unpaired) electrons. The normalized spacial score (nSPS) is 26.0. The van der Waals surface area contributed by atoms with Gasteiger partial charge in [0.25, 0.3) is 0 Å². The van der Waals surface area contributed by atoms with Crippen molar-refractivity contribution < 1.29 is 43.6 Å². The minimum atomic E-state index is -1.31. The number of hydrogen-bond acceptors (Lipinski definition) is 12. The topological polar surface area (TPSA) is 147 Å². The van der Waals surface area contributed by atoms with Gasteiger partial charge < -0.3 is 39.3 Å². The highest BCUT2D eigenvalue weighted by molar-refractivity contribution is 8.77. The average molecular weight is 697 g/mol. The smallest absolute Gasteiger partial charge is 0.339 e. The number of carbonyl (C=O) groups excluding carboxylic acids is 2. The molecule has 0 aliphatic carbocycles. The predicted octanol–water partition coefficient (Wildman–Crippen LogP) is 3.24. The number of piperidine rings is 1. The van der Waals surface area contributed by atoms with Crippen LogP contribution in [-0.4, -0.2) is 132 Å². The quantitative estimate of drug-likeness (QED) is 0.104. The number of nitrogens with zero attached hydrogens (tertiary/aromatic N) is 2. The summed E-state index contributed by atoms with van der Waals surface area (Å²) >= 11 is 0. The largest absolute Gasteiger partial charge is 0.456 e. The Morgan fingerprint density at radius 1 is 1.16 bits per heavy atom. The number of hydrogen-bond donors (Lipinski definition) is 4. The summed E-state index contributed by atoms with van der Waals surface area (Å²) < 4.78 is 16.4. The number of carbonyl (C=O) groups is 2. The minimum absolute atomic E-state index is 0. The fraction of sp³-hybridized carbons (Fsp3) is 0.774. The minimum Gasteiger partial charge on any atom is -0.456 e. The van der Waals surface area contributed by atoms with Crippen LogP contribution in [-0.2, 0) is 19.0 Å². The van der Waals surface area contributed by atoms with Crippen LogP contribution in [0.15, 0.2) is 24.5 Å². The third-order valence-corrected chi connectivity index (χ3v) is 10.3. The summed E-state index contributed by atoms with van der Waals surface area (Å²) in [5.41, 5.74) is 0.499. The standard InChI is InChI=1S/C11H17N2O2.C10H19NO5.C10H18OS2.ClH/c1-13(2,3)7-8-15-11(14)10-5-4-6-12-9-10;12-8-7(16-10(14)9(8)13)5-15-6-2-1-3-11-4-6;1-2-9(11)5-3-4-6-10-7-8-12-13-10;/h4-6,9H,7-8H2,1-3H3;6-14H,1-5H2;10H,2-8H2,1H3;1H/q+1;;;. The zero-order valence-corrected chi connectivity index (χ0v) is 29.6. The molecule has 11 nitrogen and oxygen atoms in total. The number of unbranched alkanes of at least 4 members (excludes halogenated alkanes) is 1. The van der Waals surface area contributed by atoms with Crippen LogP contribution in [0.4, 0.5) is 0 Å². The first kappa shape index (κ1) is 42.0. The molecule has 3 saturated heterocycles. The number of quaternary nitrogens is 1. The molecule has 0 aromatic carbocycles. The van der Waals surface area contributed by atoms with Gasteiger partial charge in [-0.15, -0.1) is 12.4 Å². The van der Waals surface area contributed by atoms with Crippen LogP contribution in [0.25, 0.3) is 0 Å². The highest BCUT2D eigenvalue weighted by atomic mass is 35.5. The van der Waals surface area contributed by atoms with E-state index in [1.165, 1.54) is 31.2 Å². The van der Waals surface area contributed by atoms with Gasteiger partial charge in [-0.2, -0.15) is 0 Å². The van der Waals surface area contributed by atoms with Crippen molar-refractivity contribution in [2.24, 2.45) is 0 Å². The third kappa shape index (κ3) is 18.2. The van der Waals surface area contributed by atoms with Crippen LogP contribution < -0.4 is 5.32 Å². The molecule has 3 aliphatic heterocycles. The summed E-state index contributed by atoms with van der Waals surface area (Å²) in [4.78, 5) is 26.3. The molecule has 3 aliphatic rings. The summed E-state index contributed by atoms with van der Waals surface area (Å²) in [7, 11) is 10.2. The summed E-state index contributed by atoms with van der Waals surface area (Å²) in [5.74, 6) is 1.44. The first-order chi connectivity index (χ1) is 21.0. The van der Waals surface area contributed by atoms with Gasteiger partial charge in [-0.3, -0.25) is 9.78 Å². The molecule has 4 heterocycles. The van der Waals surface area contributed by atoms with Gasteiger partial charge in [-0.05, 0) is 50.8 Å². The van der Waals surface area contributed by atoms with Crippen LogP contribution in [0.5, 0.6) is 0 Å². The Labute approximate surface area is 282 Å². The van der Waals surface area contributed by atoms with Crippen molar-refractivity contribution in [3.63, 3.8) is 0 Å². The molecule has 4 N–H and O–H groups in total. The van der Waals surface area contributed by atoms with Crippen LogP contribution in [0.1, 0.15) is 68.6 Å². The molecule has 0 saturated carbocycles. The Bertz CT molecular complexity index is 935. The molecule has 45 heavy (non-hydrogen) atoms. The van der Waals surface area contributed by atoms with Gasteiger partial charge in [-0.25, -0.2) is 4.79 Å². The lowest BCUT2D eigenvalue weighted by molar-refractivity contribution is -0.870. The van der Waals surface area contributed by atoms with Crippen LogP contribution >= 0.6 is 34.0 Å². The van der Waals surface area contributed by atoms with Crippen molar-refractivity contribution in [1.82, 2.24) is 10.3 Å². The Hall–Kier alpha value is -1.00. The number of halogens is 1. The molecule has 6 unspecified atom stereocenters. The molecule has 0 bridgehead atoms. The number of aliphatic hydroxyl groups is 3. The van der Waals surface area contributed by atoms with Gasteiger partial charge in [0.2, 0.25) is 0 Å². The maximum atomic E-state index is 11.5. The first-order valence-corrected chi connectivity index (χ1v) is 18.1. The molecule has 14 heteroatoms. The van der Waals surface area contributed by atoms with Crippen molar-refractivity contribution in [3.8, 4) is 0 Å². The van der Waals surface area contributed by atoms with Crippen LogP contribution in [0.2, 0.25) is 0 Å². The van der Waals surface area contributed by atoms with Crippen molar-refractivity contribution in [2.45, 2.75) is 94.2 Å². The zero-order valence-electron chi connectivity index (χ0n) is 27.2. The molecule has 0 spiro atoms. The Morgan fingerprint density at radius 3 is 2.49 bits per heavy atom. The molecule has 1 aromatic rings. The maximum absolute atomic E-state index is 11.5. The lowest BCUT2D eigenvalue weighted by atomic mass is 10.1. The number of rotatable bonds is 13. The number of esters is 1. The van der Waals surface area contributed by atoms with Gasteiger partial charge in [0.05, 0.1) is 39.4 Å². The van der Waals surface area contributed by atoms with E-state index in [-0.39, 0.29) is 31.1 Å². The Kier molecular flexibility index (Phi) is 21.8. The van der Waals surface area contributed by atoms with Gasteiger partial charge in [0.1, 0.15) is 37.2 Å². The number of Topliss-reactive ketones (excluding diaryl/α,β-unsaturated/α-hetero) is 1. The second kappa shape index (κ2) is 23.3. The summed E-state index contributed by atoms with van der Waals surface area (Å²) in [6, 6.07) is 3.41. The summed E-state index contributed by atoms with van der Waals surface area (Å²) in [6.07, 6.45) is 7.60. The second-order valence-electron chi connectivity index (χ2n) is 12.2. The van der Waals surface area contributed by atoms with Gasteiger partial charge >= 0.3 is 5.97 Å². The third-order valence-electron chi connectivity index (χ3n) is 7.33. The lowest BCUT2D eigenvalue weighted by Crippen LogP contribution is -2.39. The van der Waals surface area contributed by atoms with E-state index in [0.717, 1.165) is 55.1 Å². The number of aliphatic hydroxyl groups excluding tert-OH is 3. The number of aromatic nitrogens is 1. The van der Waals surface area contributed by atoms with E-state index in [2.05, 4.69) is 31.4 Å². The van der Waals surface area contributed by atoms with Crippen molar-refractivity contribution in [2.75, 3.05) is 59.7 Å². The molecule has 3 fully saturated rings. The first-order valence-electron chi connectivity index (χ1n) is 15.7. The molecule has 6 atom stereocenters. The highest BCUT2D eigenvalue weighted by Crippen LogP contribution is 2.39. The fourth-order valence-electron chi connectivity index (χ4n) is 4.47. The molecule has 1 aromatic heterocycles. The van der Waals surface area contributed by atoms with Crippen molar-refractivity contribution >= 4 is 45.7 Å². The van der Waals surface area contributed by atoms with E-state index in [0.29, 0.717) is 24.4 Å². The summed E-state index contributed by atoms with van der Waals surface area (Å²) in [5, 5.41) is 32.1. The predicted molar refractivity (Wildman–Crippen MR) is 182 cm³/mol. The lowest BCUT2D eigenvalue weighted by Gasteiger charge is -2.25. The number of pyridine rings is 1. The van der Waals surface area contributed by atoms with Crippen molar-refractivity contribution in [1.29, 1.82) is 0 Å². The van der Waals surface area contributed by atoms with E-state index in [4.69, 9.17) is 14.2 Å². The van der Waals surface area contributed by atoms with Crippen LogP contribution in [0, 0.1) is 0 Å². The molecule has 0 amide bonds. The molecular weight excluding hydrogens is 642 g/mol. The second-order valence-corrected chi connectivity index (χ2v) is 15.0. The average Bonchev–Trinajstić information content (AvgIpc) is 3.63. The molecule has 4 rings (SSSR count). The van der Waals surface area contributed by atoms with E-state index >= 15 is 0 Å². The number of likely N-dealkylation sites (N-methyl/N-ethyl adjacent to an activating group) is 1. The number of nitrogens with one attached hydrogen (secondary N) is 1. The van der Waals surface area contributed by atoms with Crippen molar-refractivity contribution in [3.05, 3.63) is 30.1 Å². The molecule has 260 valence electrons. The fourth-order valence-corrected chi connectivity index (χ4v) is 7.50. The van der Waals surface area contributed by atoms with E-state index < -0.39 is 24.6 Å². The summed E-state index contributed by atoms with van der Waals surface area (Å²) in [6.45, 7) is 5.18. The monoisotopic (exact) mass is 696 g/mol. The number of ketones is 1. The maximum Gasteiger partial charge on any atom is 0.339 e. The SMILES string of the molecule is CCC(=O)CCCCC1CCSS1.C[N+](C)(C)CCOC(=O)c1cccnc1.Cl.OC1OC(COC2CCCNC2)C(O)C1O. The van der Waals surface area contributed by atoms with Gasteiger partial charge in [-0.1, -0.05) is 34.9 Å². The number of ether oxygens (including phenoxy) is 3. The molecular formula is C31H55ClN3O8S2+. The van der Waals surface area contributed by atoms with E-state index in [1.807, 2.05) is 28.5 Å². The zero-order chi connectivity index (χ0) is 32.4. The van der Waals surface area contributed by atoms with E-state index in [1.54, 1.807) is 18.3 Å². The Balaban J connectivity index is 0.000000336. The Morgan fingerprint density at radius 2 is 1.93 bits per heavy atom.